The Morgan fingerprint density at radius 2 is 1.69 bits per heavy atom. The fraction of sp³-hybridized carbons (Fsp3) is 0.100. The summed E-state index contributed by atoms with van der Waals surface area (Å²) in [6, 6.07) is 13.9. The minimum Gasteiger partial charge on any atom is -0.501 e. The number of anilines is 2. The van der Waals surface area contributed by atoms with Gasteiger partial charge in [-0.3, -0.25) is 5.84 Å². The maximum Gasteiger partial charge on any atom is 0.145 e. The molecular formula is C20H21Cl5N6O. The fourth-order valence-electron chi connectivity index (χ4n) is 1.87. The van der Waals surface area contributed by atoms with Crippen molar-refractivity contribution < 1.29 is 4.74 Å². The van der Waals surface area contributed by atoms with Crippen LogP contribution in [0.25, 0.3) is 5.69 Å². The minimum atomic E-state index is 0. The van der Waals surface area contributed by atoms with Gasteiger partial charge in [-0.2, -0.15) is 10.4 Å². The Hall–Kier alpha value is -2.31. The van der Waals surface area contributed by atoms with E-state index < -0.39 is 0 Å². The van der Waals surface area contributed by atoms with Crippen molar-refractivity contribution in [3.8, 4) is 11.8 Å². The van der Waals surface area contributed by atoms with Gasteiger partial charge in [0.05, 0.1) is 56.5 Å². The monoisotopic (exact) mass is 536 g/mol. The Morgan fingerprint density at radius 1 is 1.06 bits per heavy atom. The third kappa shape index (κ3) is 10.8. The van der Waals surface area contributed by atoms with Gasteiger partial charge in [0.15, 0.2) is 0 Å². The predicted octanol–water partition coefficient (Wildman–Crippen LogP) is 6.52. The van der Waals surface area contributed by atoms with Crippen LogP contribution in [0.15, 0.2) is 61.0 Å². The van der Waals surface area contributed by atoms with Gasteiger partial charge in [0.25, 0.3) is 0 Å². The molecule has 0 atom stereocenters. The van der Waals surface area contributed by atoms with Gasteiger partial charge in [-0.15, -0.1) is 12.4 Å². The number of nitrogen functional groups attached to an aromatic ring is 2. The first-order valence-electron chi connectivity index (χ1n) is 8.66. The number of nitrogens with one attached hydrogen (secondary N) is 1. The maximum absolute atomic E-state index is 7.88. The highest BCUT2D eigenvalue weighted by Crippen LogP contribution is 2.25. The van der Waals surface area contributed by atoms with Gasteiger partial charge in [-0.25, -0.2) is 4.68 Å². The lowest BCUT2D eigenvalue weighted by Gasteiger charge is -2.02. The molecular weight excluding hydrogens is 518 g/mol. The van der Waals surface area contributed by atoms with E-state index in [0.717, 1.165) is 11.4 Å². The third-order valence-corrected chi connectivity index (χ3v) is 4.75. The molecule has 0 aliphatic rings. The summed E-state index contributed by atoms with van der Waals surface area (Å²) < 4.78 is 6.31. The molecule has 3 aromatic rings. The second-order valence-electron chi connectivity index (χ2n) is 5.44. The van der Waals surface area contributed by atoms with Crippen LogP contribution in [0.4, 0.5) is 11.5 Å². The molecule has 0 amide bonds. The molecule has 5 N–H and O–H groups in total. The molecule has 0 aliphatic heterocycles. The van der Waals surface area contributed by atoms with Crippen LogP contribution in [0.2, 0.25) is 20.1 Å². The summed E-state index contributed by atoms with van der Waals surface area (Å²) in [6.45, 7) is 2.49. The van der Waals surface area contributed by atoms with E-state index in [4.69, 9.17) is 63.2 Å². The highest BCUT2D eigenvalue weighted by atomic mass is 35.5. The number of nitrogens with two attached hydrogens (primary N) is 2. The van der Waals surface area contributed by atoms with Crippen LogP contribution in [0.1, 0.15) is 6.92 Å². The predicted molar refractivity (Wildman–Crippen MR) is 136 cm³/mol. The highest BCUT2D eigenvalue weighted by molar-refractivity contribution is 6.42. The number of ether oxygens (including phenoxy) is 1. The number of nitriles is 1. The van der Waals surface area contributed by atoms with Gasteiger partial charge in [0.1, 0.15) is 5.82 Å². The van der Waals surface area contributed by atoms with Crippen LogP contribution in [0.5, 0.6) is 0 Å². The topological polar surface area (TPSA) is 115 Å². The number of hydrazine groups is 1. The van der Waals surface area contributed by atoms with Gasteiger partial charge in [-0.1, -0.05) is 46.4 Å². The zero-order valence-corrected chi connectivity index (χ0v) is 20.6. The molecule has 1 heterocycles. The average molecular weight is 539 g/mol. The van der Waals surface area contributed by atoms with Crippen molar-refractivity contribution in [2.45, 2.75) is 6.92 Å². The quantitative estimate of drug-likeness (QED) is 0.151. The molecule has 7 nitrogen and oxygen atoms in total. The van der Waals surface area contributed by atoms with E-state index >= 15 is 0 Å². The van der Waals surface area contributed by atoms with Crippen LogP contribution in [-0.2, 0) is 4.74 Å². The first-order chi connectivity index (χ1) is 14.8. The Kier molecular flexibility index (Phi) is 15.2. The minimum absolute atomic E-state index is 0. The number of nitrogens with zero attached hydrogens (tertiary/aromatic N) is 3. The van der Waals surface area contributed by atoms with E-state index in [1.54, 1.807) is 53.3 Å². The molecule has 1 aromatic heterocycles. The number of benzene rings is 2. The standard InChI is InChI=1S/C9H7Cl2N3.C6H6Cl2N2.C5H7NO.ClH/c10-7-2-1-6(5-8(7)11)14-4-3-9(12)13-14;7-5-2-1-4(10-9)3-6(5)8;1-2-7-5-3-4-6;/h1-5H,(H2,12,13);1-3,10H,9H2;3,5H,2H2,1H3;1H. The van der Waals surface area contributed by atoms with Crippen LogP contribution in [-0.4, -0.2) is 16.4 Å². The Bertz CT molecular complexity index is 1040. The lowest BCUT2D eigenvalue weighted by Crippen LogP contribution is -2.06. The molecule has 0 fully saturated rings. The van der Waals surface area contributed by atoms with Crippen molar-refractivity contribution in [3.63, 3.8) is 0 Å². The van der Waals surface area contributed by atoms with Crippen LogP contribution in [0, 0.1) is 11.3 Å². The van der Waals surface area contributed by atoms with Crippen molar-refractivity contribution in [1.29, 1.82) is 5.26 Å². The molecule has 0 radical (unpaired) electrons. The first-order valence-corrected chi connectivity index (χ1v) is 10.2. The summed E-state index contributed by atoms with van der Waals surface area (Å²) in [5.74, 6) is 5.59. The molecule has 0 bridgehead atoms. The normalized spacial score (nSPS) is 9.41. The van der Waals surface area contributed by atoms with Gasteiger partial charge >= 0.3 is 0 Å². The number of hydrogen-bond donors (Lipinski definition) is 3. The fourth-order valence-corrected chi connectivity index (χ4v) is 2.46. The van der Waals surface area contributed by atoms with Crippen molar-refractivity contribution in [1.82, 2.24) is 9.78 Å². The molecule has 0 aliphatic carbocycles. The van der Waals surface area contributed by atoms with Crippen molar-refractivity contribution in [2.75, 3.05) is 17.8 Å². The number of hydrogen-bond acceptors (Lipinski definition) is 6. The molecule has 32 heavy (non-hydrogen) atoms. The molecule has 0 saturated carbocycles. The summed E-state index contributed by atoms with van der Waals surface area (Å²) in [5, 5.41) is 14.0. The number of aromatic nitrogens is 2. The molecule has 172 valence electrons. The largest absolute Gasteiger partial charge is 0.501 e. The zero-order chi connectivity index (χ0) is 23.2. The summed E-state index contributed by atoms with van der Waals surface area (Å²) >= 11 is 23.0. The van der Waals surface area contributed by atoms with Crippen LogP contribution in [0.3, 0.4) is 0 Å². The van der Waals surface area contributed by atoms with Gasteiger partial charge in [0.2, 0.25) is 0 Å². The Balaban J connectivity index is 0.000000474. The van der Waals surface area contributed by atoms with E-state index in [-0.39, 0.29) is 12.4 Å². The Labute approximate surface area is 212 Å². The summed E-state index contributed by atoms with van der Waals surface area (Å²) in [5.41, 5.74) is 9.52. The third-order valence-electron chi connectivity index (χ3n) is 3.27. The van der Waals surface area contributed by atoms with Gasteiger partial charge in [-0.05, 0) is 43.3 Å². The highest BCUT2D eigenvalue weighted by Gasteiger charge is 2.02. The van der Waals surface area contributed by atoms with E-state index in [1.165, 1.54) is 12.3 Å². The van der Waals surface area contributed by atoms with E-state index in [1.807, 2.05) is 13.0 Å². The summed E-state index contributed by atoms with van der Waals surface area (Å²) in [7, 11) is 0. The van der Waals surface area contributed by atoms with Crippen LogP contribution < -0.4 is 17.0 Å². The maximum atomic E-state index is 7.88. The van der Waals surface area contributed by atoms with Gasteiger partial charge < -0.3 is 15.9 Å². The van der Waals surface area contributed by atoms with Gasteiger partial charge in [0, 0.05) is 12.3 Å². The lowest BCUT2D eigenvalue weighted by atomic mass is 10.3. The average Bonchev–Trinajstić information content (AvgIpc) is 3.20. The molecule has 0 unspecified atom stereocenters. The molecule has 3 rings (SSSR count). The second-order valence-corrected chi connectivity index (χ2v) is 7.07. The summed E-state index contributed by atoms with van der Waals surface area (Å²) in [4.78, 5) is 0. The molecule has 0 spiro atoms. The number of rotatable bonds is 4. The lowest BCUT2D eigenvalue weighted by molar-refractivity contribution is 0.269. The van der Waals surface area contributed by atoms with E-state index in [9.17, 15) is 0 Å². The van der Waals surface area contributed by atoms with E-state index in [2.05, 4.69) is 15.3 Å². The molecule has 2 aromatic carbocycles. The van der Waals surface area contributed by atoms with Crippen molar-refractivity contribution >= 4 is 70.3 Å². The second kappa shape index (κ2) is 16.3. The van der Waals surface area contributed by atoms with Crippen molar-refractivity contribution in [3.05, 3.63) is 81.1 Å². The number of halogens is 5. The van der Waals surface area contributed by atoms with Crippen molar-refractivity contribution in [2.24, 2.45) is 5.84 Å². The zero-order valence-electron chi connectivity index (χ0n) is 16.8. The molecule has 12 heteroatoms. The SMILES string of the molecule is CCOC=CC#N.Cl.NNc1ccc(Cl)c(Cl)c1.Nc1ccn(-c2ccc(Cl)c(Cl)c2)n1. The first kappa shape index (κ1) is 29.7. The Morgan fingerprint density at radius 3 is 2.16 bits per heavy atom. The summed E-state index contributed by atoms with van der Waals surface area (Å²) in [6.07, 6.45) is 4.43. The molecule has 0 saturated heterocycles. The van der Waals surface area contributed by atoms with Crippen LogP contribution >= 0.6 is 58.8 Å². The van der Waals surface area contributed by atoms with E-state index in [0.29, 0.717) is 32.5 Å². The number of allylic oxidation sites excluding steroid dienone is 1. The smallest absolute Gasteiger partial charge is 0.145 e.